The fraction of sp³-hybridized carbons (Fsp3) is 0.250. The van der Waals surface area contributed by atoms with Crippen LogP contribution in [0.25, 0.3) is 10.8 Å². The van der Waals surface area contributed by atoms with E-state index in [-0.39, 0.29) is 39.7 Å². The maximum absolute atomic E-state index is 3.29. The standard InChI is InChI=1S/C10H9.C8H11.2CH3.2ClH.Si.Zr/c1-8-6-9-4-2-3-5-10(9)7-8;1-6-4-7(2)8(3)5-6;;;;;;/h2-7H,1H3;4,6H,1-3H3;2*1H3;2*1H;;/q4*-1;;;;. The van der Waals surface area contributed by atoms with Crippen molar-refractivity contribution in [3.63, 3.8) is 0 Å². The summed E-state index contributed by atoms with van der Waals surface area (Å²) in [6.45, 7) is 11.6. The molecule has 1 atom stereocenters. The number of allylic oxidation sites excluding steroid dienone is 4. The first-order valence-corrected chi connectivity index (χ1v) is 10.9. The fourth-order valence-electron chi connectivity index (χ4n) is 2.30. The second-order valence-corrected chi connectivity index (χ2v) is 5.07. The average molecular weight is 459 g/mol. The van der Waals surface area contributed by atoms with Gasteiger partial charge in [0.2, 0.25) is 0 Å². The van der Waals surface area contributed by atoms with Crippen LogP contribution in [0.1, 0.15) is 26.3 Å². The predicted octanol–water partition coefficient (Wildman–Crippen LogP) is 6.56. The molecule has 0 heterocycles. The topological polar surface area (TPSA) is 0 Å². The van der Waals surface area contributed by atoms with E-state index in [0.717, 1.165) is 0 Å². The maximum atomic E-state index is 3.29. The van der Waals surface area contributed by atoms with Crippen LogP contribution in [0.15, 0.2) is 53.6 Å². The van der Waals surface area contributed by atoms with Crippen LogP contribution in [0.5, 0.6) is 0 Å². The second-order valence-electron chi connectivity index (χ2n) is 5.07. The number of halogens is 2. The summed E-state index contributed by atoms with van der Waals surface area (Å²) in [7, 11) is 0. The van der Waals surface area contributed by atoms with Crippen molar-refractivity contribution in [1.29, 1.82) is 0 Å². The predicted molar refractivity (Wildman–Crippen MR) is 113 cm³/mol. The van der Waals surface area contributed by atoms with Crippen molar-refractivity contribution < 1.29 is 23.3 Å². The Bertz CT molecular complexity index is 578. The van der Waals surface area contributed by atoms with Crippen molar-refractivity contribution in [1.82, 2.24) is 0 Å². The van der Waals surface area contributed by atoms with Crippen molar-refractivity contribution >= 4 is 42.5 Å². The molecule has 4 heteroatoms. The minimum atomic E-state index is 0. The molecular weight excluding hydrogens is 430 g/mol. The van der Waals surface area contributed by atoms with Crippen LogP contribution < -0.4 is 0 Å². The molecule has 0 fully saturated rings. The minimum absolute atomic E-state index is 0. The van der Waals surface area contributed by atoms with Gasteiger partial charge in [0.15, 0.2) is 0 Å². The number of benzene rings is 1. The van der Waals surface area contributed by atoms with Gasteiger partial charge in [-0.15, -0.1) is 72.3 Å². The summed E-state index contributed by atoms with van der Waals surface area (Å²) < 4.78 is 0. The first-order valence-electron chi connectivity index (χ1n) is 6.72. The number of hydrogen-bond donors (Lipinski definition) is 0. The van der Waals surface area contributed by atoms with E-state index in [2.05, 4.69) is 83.1 Å². The third-order valence-corrected chi connectivity index (χ3v) is 3.30. The number of fused-ring (bicyclic) bond motifs is 1. The molecule has 0 amide bonds. The SMILES string of the molecule is CC1=[C-]C(C)C=C1C.Cc1cc2ccccc2[cH-]1.Cl.Cl.[CH3-].[CH3-].[Si]=[Zr]. The zero-order chi connectivity index (χ0) is 15.1. The molecule has 134 valence electrons. The van der Waals surface area contributed by atoms with Crippen LogP contribution in [0.2, 0.25) is 0 Å². The van der Waals surface area contributed by atoms with Gasteiger partial charge in [-0.2, -0.15) is 12.1 Å². The van der Waals surface area contributed by atoms with E-state index in [0.29, 0.717) is 5.92 Å². The van der Waals surface area contributed by atoms with Crippen molar-refractivity contribution in [3.05, 3.63) is 80.1 Å². The van der Waals surface area contributed by atoms with Gasteiger partial charge in [0.25, 0.3) is 0 Å². The van der Waals surface area contributed by atoms with Crippen molar-refractivity contribution in [2.45, 2.75) is 27.7 Å². The molecule has 0 saturated carbocycles. The van der Waals surface area contributed by atoms with Crippen molar-refractivity contribution in [2.24, 2.45) is 5.92 Å². The number of rotatable bonds is 0. The zero-order valence-corrected chi connectivity index (χ0v) is 20.5. The molecule has 1 unspecified atom stereocenters. The first-order chi connectivity index (χ1) is 9.56. The molecule has 0 aliphatic heterocycles. The Morgan fingerprint density at radius 1 is 1.04 bits per heavy atom. The van der Waals surface area contributed by atoms with E-state index >= 15 is 0 Å². The molecule has 0 aromatic heterocycles. The average Bonchev–Trinajstić information content (AvgIpc) is 2.94. The summed E-state index contributed by atoms with van der Waals surface area (Å²) in [5.74, 6) is 0.551. The quantitative estimate of drug-likeness (QED) is 0.310. The third-order valence-electron chi connectivity index (χ3n) is 3.30. The summed E-state index contributed by atoms with van der Waals surface area (Å²) >= 11 is 1.36. The van der Waals surface area contributed by atoms with Gasteiger partial charge in [-0.05, 0) is 0 Å². The van der Waals surface area contributed by atoms with E-state index in [1.54, 1.807) is 0 Å². The van der Waals surface area contributed by atoms with Gasteiger partial charge in [-0.25, -0.2) is 11.1 Å². The molecule has 2 radical (unpaired) electrons. The van der Waals surface area contributed by atoms with Gasteiger partial charge in [-0.1, -0.05) is 32.8 Å². The van der Waals surface area contributed by atoms with Crippen LogP contribution in [0.3, 0.4) is 0 Å². The Kier molecular flexibility index (Phi) is 21.8. The van der Waals surface area contributed by atoms with Crippen LogP contribution in [0.4, 0.5) is 0 Å². The molecule has 0 N–H and O–H groups in total. The van der Waals surface area contributed by atoms with Crippen molar-refractivity contribution in [3.8, 4) is 0 Å². The van der Waals surface area contributed by atoms with Crippen LogP contribution >= 0.6 is 24.8 Å². The third kappa shape index (κ3) is 10.1. The van der Waals surface area contributed by atoms with E-state index in [9.17, 15) is 0 Å². The molecule has 0 nitrogen and oxygen atoms in total. The van der Waals surface area contributed by atoms with E-state index in [4.69, 9.17) is 0 Å². The van der Waals surface area contributed by atoms with Crippen molar-refractivity contribution in [2.75, 3.05) is 0 Å². The molecule has 1 aliphatic carbocycles. The molecule has 2 aromatic carbocycles. The summed E-state index contributed by atoms with van der Waals surface area (Å²) in [5.41, 5.74) is 4.05. The first kappa shape index (κ1) is 31.7. The summed E-state index contributed by atoms with van der Waals surface area (Å²) in [6, 6.07) is 12.8. The van der Waals surface area contributed by atoms with E-state index in [1.165, 1.54) is 50.8 Å². The van der Waals surface area contributed by atoms with Crippen LogP contribution in [-0.2, 0) is 23.3 Å². The van der Waals surface area contributed by atoms with Crippen LogP contribution in [-0.4, -0.2) is 6.88 Å². The normalized spacial score (nSPS) is 13.7. The Hall–Kier alpha value is -0.01000. The summed E-state index contributed by atoms with van der Waals surface area (Å²) in [5, 5.41) is 2.69. The monoisotopic (exact) mass is 456 g/mol. The molecular formula is C20H28Cl2SiZr-4. The number of aryl methyl sites for hydroxylation is 1. The molecule has 2 aromatic rings. The summed E-state index contributed by atoms with van der Waals surface area (Å²) in [6.07, 6.45) is 5.52. The fourth-order valence-corrected chi connectivity index (χ4v) is 2.30. The molecule has 0 bridgehead atoms. The number of hydrogen-bond acceptors (Lipinski definition) is 0. The Morgan fingerprint density at radius 3 is 1.96 bits per heavy atom. The van der Waals surface area contributed by atoms with Crippen LogP contribution in [0, 0.1) is 33.8 Å². The molecule has 0 spiro atoms. The second kappa shape index (κ2) is 16.5. The van der Waals surface area contributed by atoms with Gasteiger partial charge in [0.05, 0.1) is 0 Å². The zero-order valence-electron chi connectivity index (χ0n) is 15.4. The Morgan fingerprint density at radius 2 is 1.58 bits per heavy atom. The van der Waals surface area contributed by atoms with E-state index in [1.807, 2.05) is 0 Å². The Labute approximate surface area is 178 Å². The van der Waals surface area contributed by atoms with Gasteiger partial charge in [-0.3, -0.25) is 6.08 Å². The molecule has 3 rings (SSSR count). The van der Waals surface area contributed by atoms with Gasteiger partial charge in [0, 0.05) is 0 Å². The molecule has 24 heavy (non-hydrogen) atoms. The molecule has 0 saturated heterocycles. The van der Waals surface area contributed by atoms with E-state index < -0.39 is 0 Å². The van der Waals surface area contributed by atoms with Gasteiger partial charge in [0.1, 0.15) is 0 Å². The Balaban J connectivity index is -0.000000133. The van der Waals surface area contributed by atoms with Gasteiger partial charge < -0.3 is 14.9 Å². The summed E-state index contributed by atoms with van der Waals surface area (Å²) in [4.78, 5) is 0. The van der Waals surface area contributed by atoms with Gasteiger partial charge >= 0.3 is 30.2 Å². The molecule has 1 aliphatic rings.